The Bertz CT molecular complexity index is 560. The van der Waals surface area contributed by atoms with Crippen LogP contribution in [0.3, 0.4) is 0 Å². The zero-order valence-electron chi connectivity index (χ0n) is 11.3. The monoisotopic (exact) mass is 352 g/mol. The summed E-state index contributed by atoms with van der Waals surface area (Å²) in [7, 11) is 0. The molecule has 0 aliphatic rings. The molecule has 4 heteroatoms. The fourth-order valence-corrected chi connectivity index (χ4v) is 3.33. The van der Waals surface area contributed by atoms with Crippen LogP contribution in [0.25, 0.3) is 0 Å². The van der Waals surface area contributed by atoms with E-state index in [4.69, 9.17) is 4.74 Å². The summed E-state index contributed by atoms with van der Waals surface area (Å²) in [6, 6.07) is 15.7. The predicted molar refractivity (Wildman–Crippen MR) is 87.4 cm³/mol. The van der Waals surface area contributed by atoms with Crippen LogP contribution < -0.4 is 4.74 Å². The lowest BCUT2D eigenvalue weighted by atomic mass is 10.1. The first-order valence-electron chi connectivity index (χ1n) is 6.49. The molecule has 0 aromatic heterocycles. The summed E-state index contributed by atoms with van der Waals surface area (Å²) in [4.78, 5) is 1.13. The lowest BCUT2D eigenvalue weighted by Gasteiger charge is -2.15. The Labute approximate surface area is 132 Å². The summed E-state index contributed by atoms with van der Waals surface area (Å²) in [5.74, 6) is 1.36. The highest BCUT2D eigenvalue weighted by Gasteiger charge is 2.13. The van der Waals surface area contributed by atoms with E-state index in [-0.39, 0.29) is 0 Å². The number of para-hydroxylation sites is 1. The molecule has 1 N–H and O–H groups in total. The van der Waals surface area contributed by atoms with Crippen LogP contribution in [0.5, 0.6) is 5.75 Å². The van der Waals surface area contributed by atoms with Crippen molar-refractivity contribution in [3.05, 3.63) is 58.6 Å². The van der Waals surface area contributed by atoms with E-state index in [9.17, 15) is 5.11 Å². The molecule has 0 bridgehead atoms. The molecule has 0 heterocycles. The number of ether oxygens (including phenoxy) is 1. The third kappa shape index (κ3) is 4.27. The number of aliphatic hydroxyl groups is 1. The standard InChI is InChI=1S/C16H17BrO2S/c1-2-19-16-9-4-3-8-14(16)15(18)11-20-13-7-5-6-12(17)10-13/h3-10,15,18H,2,11H2,1H3. The molecule has 0 amide bonds. The Morgan fingerprint density at radius 3 is 2.75 bits per heavy atom. The van der Waals surface area contributed by atoms with Gasteiger partial charge in [-0.3, -0.25) is 0 Å². The van der Waals surface area contributed by atoms with Crippen LogP contribution >= 0.6 is 27.7 Å². The second-order valence-corrected chi connectivity index (χ2v) is 6.26. The van der Waals surface area contributed by atoms with Crippen LogP contribution in [0.15, 0.2) is 57.9 Å². The highest BCUT2D eigenvalue weighted by molar-refractivity contribution is 9.10. The fraction of sp³-hybridized carbons (Fsp3) is 0.250. The summed E-state index contributed by atoms with van der Waals surface area (Å²) in [5, 5.41) is 10.3. The molecule has 2 aromatic carbocycles. The van der Waals surface area contributed by atoms with E-state index in [2.05, 4.69) is 15.9 Å². The van der Waals surface area contributed by atoms with Crippen molar-refractivity contribution in [1.82, 2.24) is 0 Å². The first kappa shape index (κ1) is 15.4. The largest absolute Gasteiger partial charge is 0.493 e. The first-order valence-corrected chi connectivity index (χ1v) is 8.26. The molecule has 0 aliphatic heterocycles. The molecule has 106 valence electrons. The van der Waals surface area contributed by atoms with Gasteiger partial charge < -0.3 is 9.84 Å². The van der Waals surface area contributed by atoms with Gasteiger partial charge in [-0.25, -0.2) is 0 Å². The molecular formula is C16H17BrO2S. The van der Waals surface area contributed by atoms with Crippen molar-refractivity contribution in [1.29, 1.82) is 0 Å². The van der Waals surface area contributed by atoms with E-state index in [1.807, 2.05) is 55.5 Å². The van der Waals surface area contributed by atoms with Crippen molar-refractivity contribution in [3.8, 4) is 5.75 Å². The second kappa shape index (κ2) is 7.72. The van der Waals surface area contributed by atoms with Crippen LogP contribution in [-0.4, -0.2) is 17.5 Å². The predicted octanol–water partition coefficient (Wildman–Crippen LogP) is 4.67. The molecule has 20 heavy (non-hydrogen) atoms. The average Bonchev–Trinajstić information content (AvgIpc) is 2.46. The van der Waals surface area contributed by atoms with Gasteiger partial charge in [0.25, 0.3) is 0 Å². The summed E-state index contributed by atoms with van der Waals surface area (Å²) in [6.45, 7) is 2.54. The Kier molecular flexibility index (Phi) is 5.95. The molecule has 2 nitrogen and oxygen atoms in total. The average molecular weight is 353 g/mol. The van der Waals surface area contributed by atoms with Gasteiger partial charge in [-0.2, -0.15) is 0 Å². The molecule has 0 spiro atoms. The van der Waals surface area contributed by atoms with Crippen molar-refractivity contribution < 1.29 is 9.84 Å². The zero-order valence-corrected chi connectivity index (χ0v) is 13.7. The molecule has 1 unspecified atom stereocenters. The summed E-state index contributed by atoms with van der Waals surface area (Å²) >= 11 is 5.08. The van der Waals surface area contributed by atoms with Crippen LogP contribution in [0, 0.1) is 0 Å². The number of benzene rings is 2. The van der Waals surface area contributed by atoms with Gasteiger partial charge in [0.1, 0.15) is 5.75 Å². The summed E-state index contributed by atoms with van der Waals surface area (Å²) in [5.41, 5.74) is 0.844. The number of aliphatic hydroxyl groups excluding tert-OH is 1. The van der Waals surface area contributed by atoms with E-state index in [1.165, 1.54) is 0 Å². The molecule has 0 aliphatic carbocycles. The maximum atomic E-state index is 10.3. The van der Waals surface area contributed by atoms with Crippen LogP contribution in [-0.2, 0) is 0 Å². The Morgan fingerprint density at radius 1 is 1.20 bits per heavy atom. The Morgan fingerprint density at radius 2 is 2.00 bits per heavy atom. The quantitative estimate of drug-likeness (QED) is 0.765. The van der Waals surface area contributed by atoms with Crippen LogP contribution in [0.1, 0.15) is 18.6 Å². The van der Waals surface area contributed by atoms with Gasteiger partial charge in [-0.15, -0.1) is 11.8 Å². The SMILES string of the molecule is CCOc1ccccc1C(O)CSc1cccc(Br)c1. The molecule has 0 saturated carbocycles. The number of hydrogen-bond donors (Lipinski definition) is 1. The van der Waals surface area contributed by atoms with E-state index in [1.54, 1.807) is 11.8 Å². The number of hydrogen-bond acceptors (Lipinski definition) is 3. The van der Waals surface area contributed by atoms with Crippen LogP contribution in [0.4, 0.5) is 0 Å². The van der Waals surface area contributed by atoms with Gasteiger partial charge in [-0.05, 0) is 31.2 Å². The minimum atomic E-state index is -0.540. The van der Waals surface area contributed by atoms with Gasteiger partial charge in [-0.1, -0.05) is 40.2 Å². The van der Waals surface area contributed by atoms with Gasteiger partial charge in [0.15, 0.2) is 0 Å². The third-order valence-corrected chi connectivity index (χ3v) is 4.34. The maximum Gasteiger partial charge on any atom is 0.125 e. The zero-order chi connectivity index (χ0) is 14.4. The Hall–Kier alpha value is -0.970. The van der Waals surface area contributed by atoms with Gasteiger partial charge >= 0.3 is 0 Å². The van der Waals surface area contributed by atoms with E-state index in [0.717, 1.165) is 20.7 Å². The topological polar surface area (TPSA) is 29.5 Å². The van der Waals surface area contributed by atoms with Gasteiger partial charge in [0, 0.05) is 20.7 Å². The van der Waals surface area contributed by atoms with Gasteiger partial charge in [0.2, 0.25) is 0 Å². The highest BCUT2D eigenvalue weighted by atomic mass is 79.9. The molecule has 0 fully saturated rings. The molecule has 2 rings (SSSR count). The number of halogens is 1. The lowest BCUT2D eigenvalue weighted by Crippen LogP contribution is -2.04. The van der Waals surface area contributed by atoms with E-state index < -0.39 is 6.10 Å². The minimum Gasteiger partial charge on any atom is -0.493 e. The van der Waals surface area contributed by atoms with Crippen molar-refractivity contribution in [2.45, 2.75) is 17.9 Å². The highest BCUT2D eigenvalue weighted by Crippen LogP contribution is 2.30. The number of thioether (sulfide) groups is 1. The molecule has 0 radical (unpaired) electrons. The summed E-state index contributed by atoms with van der Waals surface area (Å²) in [6.07, 6.45) is -0.540. The van der Waals surface area contributed by atoms with Crippen LogP contribution in [0.2, 0.25) is 0 Å². The molecule has 2 aromatic rings. The van der Waals surface area contributed by atoms with Crippen molar-refractivity contribution in [3.63, 3.8) is 0 Å². The van der Waals surface area contributed by atoms with Crippen molar-refractivity contribution >= 4 is 27.7 Å². The normalized spacial score (nSPS) is 12.2. The third-order valence-electron chi connectivity index (χ3n) is 2.78. The maximum absolute atomic E-state index is 10.3. The summed E-state index contributed by atoms with van der Waals surface area (Å²) < 4.78 is 6.60. The smallest absolute Gasteiger partial charge is 0.125 e. The second-order valence-electron chi connectivity index (χ2n) is 4.26. The van der Waals surface area contributed by atoms with Crippen molar-refractivity contribution in [2.75, 3.05) is 12.4 Å². The minimum absolute atomic E-state index is 0.540. The van der Waals surface area contributed by atoms with Gasteiger partial charge in [0.05, 0.1) is 12.7 Å². The Balaban J connectivity index is 2.03. The van der Waals surface area contributed by atoms with E-state index >= 15 is 0 Å². The lowest BCUT2D eigenvalue weighted by molar-refractivity contribution is 0.196. The first-order chi connectivity index (χ1) is 9.70. The van der Waals surface area contributed by atoms with E-state index in [0.29, 0.717) is 12.4 Å². The fourth-order valence-electron chi connectivity index (χ4n) is 1.86. The molecule has 1 atom stereocenters. The molecular weight excluding hydrogens is 336 g/mol. The molecule has 0 saturated heterocycles. The van der Waals surface area contributed by atoms with Crippen molar-refractivity contribution in [2.24, 2.45) is 0 Å². The number of rotatable bonds is 6.